The van der Waals surface area contributed by atoms with Crippen LogP contribution in [0.2, 0.25) is 11.8 Å². The highest BCUT2D eigenvalue weighted by Gasteiger charge is 2.32. The van der Waals surface area contributed by atoms with Gasteiger partial charge in [0.15, 0.2) is 30.3 Å². The lowest BCUT2D eigenvalue weighted by molar-refractivity contribution is 0.349. The molecule has 246 valence electrons. The second-order valence-corrected chi connectivity index (χ2v) is 12.3. The van der Waals surface area contributed by atoms with Gasteiger partial charge in [0, 0.05) is 60.0 Å². The number of benzene rings is 6. The van der Waals surface area contributed by atoms with Crippen molar-refractivity contribution in [3.63, 3.8) is 0 Å². The first kappa shape index (κ1) is 30.8. The van der Waals surface area contributed by atoms with Crippen molar-refractivity contribution in [1.82, 2.24) is 9.97 Å². The highest BCUT2D eigenvalue weighted by molar-refractivity contribution is 6.64. The molecule has 2 heterocycles. The van der Waals surface area contributed by atoms with Crippen LogP contribution in [0.15, 0.2) is 66.9 Å². The third kappa shape index (κ3) is 3.99. The van der Waals surface area contributed by atoms with Crippen LogP contribution in [-0.4, -0.2) is 63.2 Å². The molecule has 0 aliphatic rings. The topological polar surface area (TPSA) is 208 Å². The van der Waals surface area contributed by atoms with E-state index in [1.807, 2.05) is 36.4 Å². The minimum atomic E-state index is -1.17. The van der Waals surface area contributed by atoms with Gasteiger partial charge >= 0.3 is 0 Å². The monoisotopic (exact) mass is 686 g/mol. The lowest BCUT2D eigenvalue weighted by Gasteiger charge is -2.22. The Labute approximate surface area is 286 Å². The van der Waals surface area contributed by atoms with E-state index in [0.717, 1.165) is 27.4 Å². The summed E-state index contributed by atoms with van der Waals surface area (Å²) >= 11 is 7.01. The Morgan fingerprint density at radius 3 is 1.50 bits per heavy atom. The number of hydrogen-bond donors (Lipinski definition) is 9. The molecule has 2 aromatic heterocycles. The number of aromatic hydroxyl groups is 9. The summed E-state index contributed by atoms with van der Waals surface area (Å²) in [5.41, 5.74) is 3.68. The number of rotatable bonds is 3. The van der Waals surface area contributed by atoms with Gasteiger partial charge in [-0.25, -0.2) is 4.98 Å². The van der Waals surface area contributed by atoms with Gasteiger partial charge in [0.1, 0.15) is 5.75 Å². The van der Waals surface area contributed by atoms with E-state index in [-0.39, 0.29) is 39.5 Å². The molecule has 0 bridgehead atoms. The maximum atomic E-state index is 12.0. The normalized spacial score (nSPS) is 11.7. The molecule has 8 aromatic rings. The number of fused-ring (bicyclic) bond motifs is 9. The van der Waals surface area contributed by atoms with Gasteiger partial charge in [-0.2, -0.15) is 0 Å². The van der Waals surface area contributed by atoms with E-state index in [2.05, 4.69) is 4.98 Å². The number of aromatic nitrogens is 2. The summed E-state index contributed by atoms with van der Waals surface area (Å²) in [6, 6.07) is 18.6. The summed E-state index contributed by atoms with van der Waals surface area (Å²) in [6.07, 6.45) is 1.71. The molecule has 0 amide bonds. The first-order valence-electron chi connectivity index (χ1n) is 15.3. The van der Waals surface area contributed by atoms with Crippen LogP contribution in [0.5, 0.6) is 51.7 Å². The van der Waals surface area contributed by atoms with Gasteiger partial charge in [-0.3, -0.25) is 4.98 Å². The quantitative estimate of drug-likeness (QED) is 0.0414. The third-order valence-corrected chi connectivity index (χ3v) is 9.72. The summed E-state index contributed by atoms with van der Waals surface area (Å²) in [7, 11) is 0.142. The molecule has 8 rings (SSSR count). The fourth-order valence-corrected chi connectivity index (χ4v) is 7.36. The highest BCUT2D eigenvalue weighted by Crippen LogP contribution is 2.61. The number of hydrogen-bond acceptors (Lipinski definition) is 11. The Hall–Kier alpha value is -6.53. The van der Waals surface area contributed by atoms with Crippen LogP contribution < -0.4 is 5.46 Å². The van der Waals surface area contributed by atoms with Crippen molar-refractivity contribution in [3.8, 4) is 74.1 Å². The number of pyridine rings is 2. The Morgan fingerprint density at radius 2 is 0.960 bits per heavy atom. The van der Waals surface area contributed by atoms with Crippen LogP contribution in [0.4, 0.5) is 0 Å². The van der Waals surface area contributed by atoms with E-state index in [1.165, 1.54) is 0 Å². The van der Waals surface area contributed by atoms with Gasteiger partial charge < -0.3 is 46.0 Å². The van der Waals surface area contributed by atoms with E-state index in [1.54, 1.807) is 37.3 Å². The molecule has 0 aliphatic heterocycles. The zero-order valence-corrected chi connectivity index (χ0v) is 26.6. The molecule has 11 nitrogen and oxygen atoms in total. The molecule has 0 saturated heterocycles. The van der Waals surface area contributed by atoms with Crippen LogP contribution in [0.1, 0.15) is 0 Å². The van der Waals surface area contributed by atoms with E-state index in [4.69, 9.17) is 16.6 Å². The Bertz CT molecular complexity index is 2810. The summed E-state index contributed by atoms with van der Waals surface area (Å²) < 4.78 is 0. The molecule has 50 heavy (non-hydrogen) atoms. The highest BCUT2D eigenvalue weighted by atomic mass is 35.5. The van der Waals surface area contributed by atoms with E-state index < -0.39 is 67.9 Å². The van der Waals surface area contributed by atoms with Crippen LogP contribution in [0.25, 0.3) is 76.5 Å². The largest absolute Gasteiger partial charge is 0.507 e. The molecule has 0 unspecified atom stereocenters. The minimum absolute atomic E-state index is 0.0189. The average molecular weight is 687 g/mol. The molecule has 13 heteroatoms. The predicted octanol–water partition coefficient (Wildman–Crippen LogP) is 6.69. The standard InChI is InChI=1S/C37H24BClN2O9/c1-38-25-19-20(22-24(33(46)37(50)35(48)31(22)44)23-21(19)30(43)34(47)36(49)32(23)45)29(42)18(26(25)39)14-6-4-13(5-7-14)17-11-10-16-9-8-15-3-2-12-40-27(15)28(16)41-17/h2-12,38,42-50H,1H3. The van der Waals surface area contributed by atoms with Gasteiger partial charge in [0.25, 0.3) is 0 Å². The number of nitrogens with zero attached hydrogens (tertiary/aromatic N) is 2. The molecule has 6 aromatic carbocycles. The van der Waals surface area contributed by atoms with Crippen molar-refractivity contribution >= 4 is 78.5 Å². The number of phenols is 9. The van der Waals surface area contributed by atoms with Crippen molar-refractivity contribution in [2.24, 2.45) is 0 Å². The molecule has 0 radical (unpaired) electrons. The lowest BCUT2D eigenvalue weighted by atomic mass is 9.68. The second-order valence-electron chi connectivity index (χ2n) is 11.9. The van der Waals surface area contributed by atoms with Gasteiger partial charge in [0.05, 0.1) is 16.7 Å². The molecule has 0 saturated carbocycles. The maximum absolute atomic E-state index is 12.0. The number of phenolic OH excluding ortho intramolecular Hbond substituents is 9. The van der Waals surface area contributed by atoms with Crippen molar-refractivity contribution < 1.29 is 46.0 Å². The Morgan fingerprint density at radius 1 is 0.500 bits per heavy atom. The van der Waals surface area contributed by atoms with E-state index in [9.17, 15) is 46.0 Å². The van der Waals surface area contributed by atoms with Gasteiger partial charge in [-0.05, 0) is 23.1 Å². The van der Waals surface area contributed by atoms with Crippen LogP contribution in [0.3, 0.4) is 0 Å². The SMILES string of the molecule is CBc1c(Cl)c(-c2ccc(-c3ccc4ccc5cccnc5c4n3)cc2)c(O)c2c3c(O)c(O)c(O)c(O)c3c3c(O)c(O)c(O)c(O)c3c12. The smallest absolute Gasteiger partial charge is 0.204 e. The second kappa shape index (κ2) is 10.7. The summed E-state index contributed by atoms with van der Waals surface area (Å²) in [5.74, 6) is -9.13. The molecular formula is C37H24BClN2O9. The fourth-order valence-electron chi connectivity index (χ4n) is 6.94. The first-order chi connectivity index (χ1) is 24.0. The van der Waals surface area contributed by atoms with Crippen LogP contribution in [-0.2, 0) is 0 Å². The van der Waals surface area contributed by atoms with Crippen molar-refractivity contribution in [1.29, 1.82) is 0 Å². The first-order valence-corrected chi connectivity index (χ1v) is 15.7. The Balaban J connectivity index is 1.44. The molecular weight excluding hydrogens is 663 g/mol. The molecule has 0 aliphatic carbocycles. The van der Waals surface area contributed by atoms with Crippen molar-refractivity contribution in [2.75, 3.05) is 0 Å². The van der Waals surface area contributed by atoms with Crippen LogP contribution in [0, 0.1) is 0 Å². The molecule has 0 spiro atoms. The minimum Gasteiger partial charge on any atom is -0.507 e. The summed E-state index contributed by atoms with van der Waals surface area (Å²) in [4.78, 5) is 9.40. The third-order valence-electron chi connectivity index (χ3n) is 9.31. The van der Waals surface area contributed by atoms with Gasteiger partial charge in [-0.15, -0.1) is 0 Å². The van der Waals surface area contributed by atoms with Gasteiger partial charge in [-0.1, -0.05) is 72.4 Å². The van der Waals surface area contributed by atoms with E-state index in [0.29, 0.717) is 11.3 Å². The molecule has 0 atom stereocenters. The van der Waals surface area contributed by atoms with Crippen molar-refractivity contribution in [2.45, 2.75) is 6.82 Å². The Kier molecular flexibility index (Phi) is 6.61. The molecule has 9 N–H and O–H groups in total. The maximum Gasteiger partial charge on any atom is 0.204 e. The average Bonchev–Trinajstić information content (AvgIpc) is 3.13. The van der Waals surface area contributed by atoms with Crippen LogP contribution >= 0.6 is 11.6 Å². The molecule has 0 fully saturated rings. The predicted molar refractivity (Wildman–Crippen MR) is 193 cm³/mol. The van der Waals surface area contributed by atoms with E-state index >= 15 is 0 Å². The fraction of sp³-hybridized carbons (Fsp3) is 0.0270. The lowest BCUT2D eigenvalue weighted by Crippen LogP contribution is -2.16. The zero-order valence-electron chi connectivity index (χ0n) is 25.9. The summed E-state index contributed by atoms with van der Waals surface area (Å²) in [5, 5.41) is 98.2. The zero-order chi connectivity index (χ0) is 35.3. The van der Waals surface area contributed by atoms with Crippen molar-refractivity contribution in [3.05, 3.63) is 71.9 Å². The number of halogens is 1. The summed E-state index contributed by atoms with van der Waals surface area (Å²) in [6.45, 7) is 1.72. The van der Waals surface area contributed by atoms with Gasteiger partial charge in [0.2, 0.25) is 23.0 Å².